The van der Waals surface area contributed by atoms with Crippen LogP contribution in [0.2, 0.25) is 5.82 Å². The largest absolute Gasteiger partial charge is 0.303 e. The van der Waals surface area contributed by atoms with Gasteiger partial charge in [0.2, 0.25) is 11.8 Å². The van der Waals surface area contributed by atoms with Gasteiger partial charge in [-0.15, -0.1) is 0 Å². The van der Waals surface area contributed by atoms with Gasteiger partial charge in [-0.2, -0.15) is 0 Å². The van der Waals surface area contributed by atoms with E-state index < -0.39 is 5.82 Å². The lowest BCUT2D eigenvalue weighted by molar-refractivity contribution is -0.138. The molecule has 1 fully saturated rings. The van der Waals surface area contributed by atoms with Crippen molar-refractivity contribution >= 4 is 25.9 Å². The number of carbonyl (C=O) groups excluding carboxylic acids is 3. The minimum Gasteiger partial charge on any atom is -0.303 e. The van der Waals surface area contributed by atoms with E-state index >= 15 is 0 Å². The van der Waals surface area contributed by atoms with Crippen LogP contribution in [0.3, 0.4) is 0 Å². The van der Waals surface area contributed by atoms with Crippen molar-refractivity contribution in [3.8, 4) is 0 Å². The molecular formula is C10H14BNO3. The third-order valence-corrected chi connectivity index (χ3v) is 2.48. The summed E-state index contributed by atoms with van der Waals surface area (Å²) in [6.07, 6.45) is 3.96. The normalized spacial score (nSPS) is 21.1. The first-order valence-electron chi connectivity index (χ1n) is 5.20. The molecule has 0 aliphatic carbocycles. The molecule has 1 rings (SSSR count). The fraction of sp³-hybridized carbons (Fsp3) is 0.700. The van der Waals surface area contributed by atoms with Crippen LogP contribution in [0.5, 0.6) is 0 Å². The van der Waals surface area contributed by atoms with Crippen molar-refractivity contribution < 1.29 is 14.4 Å². The Hall–Kier alpha value is -1.13. The zero-order chi connectivity index (χ0) is 11.3. The molecule has 2 amide bonds. The van der Waals surface area contributed by atoms with Crippen LogP contribution in [0.25, 0.3) is 0 Å². The zero-order valence-corrected chi connectivity index (χ0v) is 8.65. The highest BCUT2D eigenvalue weighted by molar-refractivity contribution is 6.29. The highest BCUT2D eigenvalue weighted by Gasteiger charge is 2.34. The van der Waals surface area contributed by atoms with Crippen LogP contribution in [-0.2, 0) is 14.4 Å². The highest BCUT2D eigenvalue weighted by Crippen LogP contribution is 2.21. The molecule has 4 nitrogen and oxygen atoms in total. The van der Waals surface area contributed by atoms with Crippen LogP contribution in [-0.4, -0.2) is 37.4 Å². The molecule has 1 aliphatic rings. The molecule has 1 aliphatic heterocycles. The van der Waals surface area contributed by atoms with Gasteiger partial charge in [0.1, 0.15) is 6.29 Å². The summed E-state index contributed by atoms with van der Waals surface area (Å²) in [6.45, 7) is 0.435. The average Bonchev–Trinajstić information content (AvgIpc) is 2.44. The molecule has 0 saturated carbocycles. The molecule has 0 aromatic heterocycles. The van der Waals surface area contributed by atoms with Crippen molar-refractivity contribution in [2.24, 2.45) is 0 Å². The number of amides is 2. The van der Waals surface area contributed by atoms with Crippen molar-refractivity contribution in [3.05, 3.63) is 0 Å². The molecule has 0 bridgehead atoms. The Morgan fingerprint density at radius 3 is 2.60 bits per heavy atom. The van der Waals surface area contributed by atoms with E-state index in [9.17, 15) is 14.4 Å². The Bertz CT molecular complexity index is 267. The maximum Gasteiger partial charge on any atom is 0.229 e. The van der Waals surface area contributed by atoms with Crippen molar-refractivity contribution in [3.63, 3.8) is 0 Å². The van der Waals surface area contributed by atoms with E-state index in [0.29, 0.717) is 13.0 Å². The van der Waals surface area contributed by atoms with E-state index in [1.54, 1.807) is 0 Å². The molecule has 80 valence electrons. The molecule has 0 aromatic rings. The Kier molecular flexibility index (Phi) is 4.53. The second-order valence-electron chi connectivity index (χ2n) is 3.71. The van der Waals surface area contributed by atoms with Gasteiger partial charge in [0.15, 0.2) is 0 Å². The van der Waals surface area contributed by atoms with Crippen LogP contribution in [0.1, 0.15) is 32.1 Å². The lowest BCUT2D eigenvalue weighted by Crippen LogP contribution is -2.30. The predicted octanol–water partition coefficient (Wildman–Crippen LogP) is 0.462. The quantitative estimate of drug-likeness (QED) is 0.275. The molecule has 0 spiro atoms. The van der Waals surface area contributed by atoms with Crippen molar-refractivity contribution in [1.82, 2.24) is 4.90 Å². The van der Waals surface area contributed by atoms with Crippen LogP contribution in [0.4, 0.5) is 0 Å². The SMILES string of the molecule is [B]C1CC(=O)N(CCCCCC=O)C1=O. The summed E-state index contributed by atoms with van der Waals surface area (Å²) in [4.78, 5) is 33.9. The summed E-state index contributed by atoms with van der Waals surface area (Å²) in [6, 6.07) is 0. The van der Waals surface area contributed by atoms with Gasteiger partial charge in [0.25, 0.3) is 0 Å². The van der Waals surface area contributed by atoms with Crippen molar-refractivity contribution in [2.75, 3.05) is 6.54 Å². The number of hydrogen-bond donors (Lipinski definition) is 0. The summed E-state index contributed by atoms with van der Waals surface area (Å²) in [7, 11) is 5.45. The Morgan fingerprint density at radius 1 is 1.33 bits per heavy atom. The van der Waals surface area contributed by atoms with Crippen LogP contribution in [0.15, 0.2) is 0 Å². The summed E-state index contributed by atoms with van der Waals surface area (Å²) < 4.78 is 0. The maximum absolute atomic E-state index is 11.4. The molecule has 2 radical (unpaired) electrons. The molecule has 1 heterocycles. The first kappa shape index (κ1) is 11.9. The van der Waals surface area contributed by atoms with Crippen LogP contribution >= 0.6 is 0 Å². The Labute approximate surface area is 90.4 Å². The van der Waals surface area contributed by atoms with Crippen molar-refractivity contribution in [1.29, 1.82) is 0 Å². The second-order valence-corrected chi connectivity index (χ2v) is 3.71. The molecule has 1 saturated heterocycles. The average molecular weight is 207 g/mol. The summed E-state index contributed by atoms with van der Waals surface area (Å²) in [5.74, 6) is -1.09. The zero-order valence-electron chi connectivity index (χ0n) is 8.65. The minimum atomic E-state index is -0.646. The third kappa shape index (κ3) is 3.18. The minimum absolute atomic E-state index is 0.132. The number of unbranched alkanes of at least 4 members (excludes halogenated alkanes) is 3. The number of rotatable bonds is 6. The number of aldehydes is 1. The Balaban J connectivity index is 2.23. The van der Waals surface area contributed by atoms with Gasteiger partial charge in [0.05, 0.1) is 7.85 Å². The third-order valence-electron chi connectivity index (χ3n) is 2.48. The number of likely N-dealkylation sites (tertiary alicyclic amines) is 1. The van der Waals surface area contributed by atoms with Gasteiger partial charge in [0, 0.05) is 25.2 Å². The second kappa shape index (κ2) is 5.68. The molecule has 1 unspecified atom stereocenters. The predicted molar refractivity (Wildman–Crippen MR) is 55.4 cm³/mol. The van der Waals surface area contributed by atoms with E-state index in [2.05, 4.69) is 0 Å². The summed E-state index contributed by atoms with van der Waals surface area (Å²) in [5.41, 5.74) is 0. The summed E-state index contributed by atoms with van der Waals surface area (Å²) >= 11 is 0. The van der Waals surface area contributed by atoms with Gasteiger partial charge in [-0.25, -0.2) is 0 Å². The topological polar surface area (TPSA) is 54.5 Å². The number of nitrogens with zero attached hydrogens (tertiary/aromatic N) is 1. The fourth-order valence-corrected chi connectivity index (χ4v) is 1.62. The van der Waals surface area contributed by atoms with Crippen LogP contribution < -0.4 is 0 Å². The first-order valence-corrected chi connectivity index (χ1v) is 5.20. The molecule has 15 heavy (non-hydrogen) atoms. The van der Waals surface area contributed by atoms with Gasteiger partial charge < -0.3 is 4.79 Å². The lowest BCUT2D eigenvalue weighted by Gasteiger charge is -2.13. The van der Waals surface area contributed by atoms with Crippen LogP contribution in [0, 0.1) is 0 Å². The Morgan fingerprint density at radius 2 is 2.07 bits per heavy atom. The highest BCUT2D eigenvalue weighted by atomic mass is 16.2. The van der Waals surface area contributed by atoms with E-state index in [1.165, 1.54) is 4.90 Å². The smallest absolute Gasteiger partial charge is 0.229 e. The van der Waals surface area contributed by atoms with E-state index in [1.807, 2.05) is 0 Å². The molecule has 1 atom stereocenters. The number of imide groups is 1. The molecule has 0 aromatic carbocycles. The number of hydrogen-bond acceptors (Lipinski definition) is 3. The lowest BCUT2D eigenvalue weighted by atomic mass is 9.86. The molecule has 5 heteroatoms. The van der Waals surface area contributed by atoms with Gasteiger partial charge >= 0.3 is 0 Å². The maximum atomic E-state index is 11.4. The van der Waals surface area contributed by atoms with Gasteiger partial charge in [-0.1, -0.05) is 6.42 Å². The van der Waals surface area contributed by atoms with E-state index in [4.69, 9.17) is 7.85 Å². The van der Waals surface area contributed by atoms with Gasteiger partial charge in [-0.05, 0) is 12.8 Å². The molecular weight excluding hydrogens is 193 g/mol. The van der Waals surface area contributed by atoms with Crippen molar-refractivity contribution in [2.45, 2.75) is 37.9 Å². The monoisotopic (exact) mass is 207 g/mol. The van der Waals surface area contributed by atoms with E-state index in [0.717, 1.165) is 25.5 Å². The van der Waals surface area contributed by atoms with Gasteiger partial charge in [-0.3, -0.25) is 14.5 Å². The summed E-state index contributed by atoms with van der Waals surface area (Å²) in [5, 5.41) is 0. The molecule has 0 N–H and O–H groups in total. The standard InChI is InChI=1S/C10H14BNO3/c11-8-7-9(14)12(10(8)15)5-3-1-2-4-6-13/h6,8H,1-5,7H2. The van der Waals surface area contributed by atoms with E-state index in [-0.39, 0.29) is 18.2 Å². The first-order chi connectivity index (χ1) is 7.16. The fourth-order valence-electron chi connectivity index (χ4n) is 1.62. The number of carbonyl (C=O) groups is 3.